The number of halogens is 1. The van der Waals surface area contributed by atoms with Crippen molar-refractivity contribution in [1.82, 2.24) is 0 Å². The fourth-order valence-electron chi connectivity index (χ4n) is 4.33. The molecule has 216 valence electrons. The van der Waals surface area contributed by atoms with Crippen LogP contribution in [0.5, 0.6) is 5.75 Å². The van der Waals surface area contributed by atoms with E-state index >= 15 is 0 Å². The molecular weight excluding hydrogens is 568 g/mol. The van der Waals surface area contributed by atoms with Crippen molar-refractivity contribution < 1.29 is 28.7 Å². The van der Waals surface area contributed by atoms with E-state index in [1.165, 1.54) is 36.4 Å². The molecule has 1 aliphatic rings. The quantitative estimate of drug-likeness (QED) is 0.0916. The summed E-state index contributed by atoms with van der Waals surface area (Å²) in [7, 11) is 0. The number of hydrogen-bond acceptors (Lipinski definition) is 7. The Kier molecular flexibility index (Phi) is 8.98. The molecule has 4 aromatic rings. The van der Waals surface area contributed by atoms with E-state index in [1.54, 1.807) is 24.3 Å². The van der Waals surface area contributed by atoms with E-state index in [0.717, 1.165) is 28.9 Å². The van der Waals surface area contributed by atoms with E-state index in [1.807, 2.05) is 49.4 Å². The Balaban J connectivity index is 1.21. The molecule has 0 spiro atoms. The molecule has 0 saturated heterocycles. The molecule has 43 heavy (non-hydrogen) atoms. The lowest BCUT2D eigenvalue weighted by Gasteiger charge is -2.15. The monoisotopic (exact) mass is 594 g/mol. The predicted molar refractivity (Wildman–Crippen MR) is 164 cm³/mol. The third-order valence-electron chi connectivity index (χ3n) is 6.68. The number of carbonyl (C=O) groups is 4. The number of benzene rings is 4. The van der Waals surface area contributed by atoms with E-state index in [9.17, 15) is 19.2 Å². The highest BCUT2D eigenvalue weighted by Crippen LogP contribution is 2.30. The van der Waals surface area contributed by atoms with E-state index in [4.69, 9.17) is 21.1 Å². The van der Waals surface area contributed by atoms with Crippen molar-refractivity contribution >= 4 is 46.7 Å². The van der Waals surface area contributed by atoms with Crippen LogP contribution >= 0.6 is 11.6 Å². The number of imide groups is 1. The Bertz CT molecular complexity index is 1680. The second-order valence-electron chi connectivity index (χ2n) is 9.65. The maximum Gasteiger partial charge on any atom is 0.343 e. The number of ether oxygens (including phenoxy) is 2. The molecule has 0 saturated carbocycles. The Morgan fingerprint density at radius 2 is 1.35 bits per heavy atom. The molecule has 4 aromatic carbocycles. The van der Waals surface area contributed by atoms with Crippen molar-refractivity contribution in [2.75, 3.05) is 16.8 Å². The highest BCUT2D eigenvalue weighted by Gasteiger charge is 2.39. The molecule has 1 N–H and O–H groups in total. The van der Waals surface area contributed by atoms with E-state index in [2.05, 4.69) is 5.32 Å². The molecule has 0 aromatic heterocycles. The predicted octanol–water partition coefficient (Wildman–Crippen LogP) is 6.97. The van der Waals surface area contributed by atoms with Gasteiger partial charge in [0.25, 0.3) is 11.8 Å². The summed E-state index contributed by atoms with van der Waals surface area (Å²) in [5, 5.41) is 2.59. The summed E-state index contributed by atoms with van der Waals surface area (Å²) < 4.78 is 10.7. The Hall–Kier alpha value is -5.21. The van der Waals surface area contributed by atoms with Crippen LogP contribution in [0.3, 0.4) is 0 Å². The van der Waals surface area contributed by atoms with Crippen LogP contribution in [0.4, 0.5) is 11.4 Å². The number of esters is 2. The molecule has 1 heterocycles. The van der Waals surface area contributed by atoms with Crippen LogP contribution in [0.1, 0.15) is 40.5 Å². The average molecular weight is 595 g/mol. The normalized spacial score (nSPS) is 12.8. The maximum absolute atomic E-state index is 13.2. The van der Waals surface area contributed by atoms with Gasteiger partial charge in [0.2, 0.25) is 0 Å². The van der Waals surface area contributed by atoms with Crippen LogP contribution < -0.4 is 15.0 Å². The second-order valence-corrected chi connectivity index (χ2v) is 10.0. The lowest BCUT2D eigenvalue weighted by molar-refractivity contribution is -0.120. The summed E-state index contributed by atoms with van der Waals surface area (Å²) in [5.74, 6) is -1.99. The largest absolute Gasteiger partial charge is 0.462 e. The highest BCUT2D eigenvalue weighted by molar-refractivity contribution is 6.53. The lowest BCUT2D eigenvalue weighted by atomic mass is 10.1. The van der Waals surface area contributed by atoms with Gasteiger partial charge in [-0.05, 0) is 78.2 Å². The van der Waals surface area contributed by atoms with Gasteiger partial charge in [0.15, 0.2) is 0 Å². The van der Waals surface area contributed by atoms with Crippen molar-refractivity contribution in [2.24, 2.45) is 0 Å². The first kappa shape index (κ1) is 29.3. The summed E-state index contributed by atoms with van der Waals surface area (Å²) in [6, 6.07) is 29.2. The van der Waals surface area contributed by atoms with Gasteiger partial charge in [0, 0.05) is 5.69 Å². The summed E-state index contributed by atoms with van der Waals surface area (Å²) in [6.45, 7) is 2.31. The molecule has 0 radical (unpaired) electrons. The van der Waals surface area contributed by atoms with Crippen molar-refractivity contribution in [1.29, 1.82) is 0 Å². The number of hydrogen-bond donors (Lipinski definition) is 1. The molecule has 0 unspecified atom stereocenters. The SMILES string of the molecule is CCCCOC(=O)c1ccc(N2C(=O)C(Cl)=C(Nc3ccc(C(=O)Oc4ccc(-c5ccccc5)cc4)cc3)C2=O)cc1. The van der Waals surface area contributed by atoms with Crippen molar-refractivity contribution in [2.45, 2.75) is 19.8 Å². The van der Waals surface area contributed by atoms with Crippen LogP contribution in [0.2, 0.25) is 0 Å². The van der Waals surface area contributed by atoms with Gasteiger partial charge in [-0.3, -0.25) is 9.59 Å². The first-order chi connectivity index (χ1) is 20.9. The summed E-state index contributed by atoms with van der Waals surface area (Å²) in [6.07, 6.45) is 1.66. The van der Waals surface area contributed by atoms with E-state index in [-0.39, 0.29) is 16.4 Å². The zero-order valence-corrected chi connectivity index (χ0v) is 24.0. The van der Waals surface area contributed by atoms with Crippen molar-refractivity contribution in [3.05, 3.63) is 125 Å². The third-order valence-corrected chi connectivity index (χ3v) is 7.03. The van der Waals surface area contributed by atoms with Crippen LogP contribution in [-0.4, -0.2) is 30.4 Å². The number of anilines is 2. The smallest absolute Gasteiger partial charge is 0.343 e. The number of nitrogens with zero attached hydrogens (tertiary/aromatic N) is 1. The van der Waals surface area contributed by atoms with E-state index < -0.39 is 23.8 Å². The third kappa shape index (κ3) is 6.66. The minimum Gasteiger partial charge on any atom is -0.462 e. The van der Waals surface area contributed by atoms with Crippen molar-refractivity contribution in [3.63, 3.8) is 0 Å². The maximum atomic E-state index is 13.2. The van der Waals surface area contributed by atoms with Gasteiger partial charge >= 0.3 is 11.9 Å². The summed E-state index contributed by atoms with van der Waals surface area (Å²) in [4.78, 5) is 51.8. The number of rotatable bonds is 10. The Morgan fingerprint density at radius 1 is 0.744 bits per heavy atom. The van der Waals surface area contributed by atoms with Crippen LogP contribution in [0.15, 0.2) is 114 Å². The fraction of sp³-hybridized carbons (Fsp3) is 0.118. The van der Waals surface area contributed by atoms with Gasteiger partial charge in [-0.15, -0.1) is 0 Å². The van der Waals surface area contributed by atoms with Crippen LogP contribution in [-0.2, 0) is 14.3 Å². The topological polar surface area (TPSA) is 102 Å². The molecule has 0 fully saturated rings. The van der Waals surface area contributed by atoms with Crippen molar-refractivity contribution in [3.8, 4) is 16.9 Å². The number of unbranched alkanes of at least 4 members (excludes halogenated alkanes) is 1. The van der Waals surface area contributed by atoms with Crippen LogP contribution in [0, 0.1) is 0 Å². The van der Waals surface area contributed by atoms with Gasteiger partial charge in [0.05, 0.1) is 23.4 Å². The average Bonchev–Trinajstić information content (AvgIpc) is 3.25. The molecule has 0 bridgehead atoms. The first-order valence-electron chi connectivity index (χ1n) is 13.7. The molecule has 0 aliphatic carbocycles. The van der Waals surface area contributed by atoms with Gasteiger partial charge in [-0.1, -0.05) is 67.4 Å². The first-order valence-corrected chi connectivity index (χ1v) is 14.0. The number of carbonyl (C=O) groups excluding carboxylic acids is 4. The fourth-order valence-corrected chi connectivity index (χ4v) is 4.54. The summed E-state index contributed by atoms with van der Waals surface area (Å²) in [5.41, 5.74) is 3.24. The summed E-state index contributed by atoms with van der Waals surface area (Å²) >= 11 is 6.25. The van der Waals surface area contributed by atoms with Gasteiger partial charge in [-0.2, -0.15) is 0 Å². The lowest BCUT2D eigenvalue weighted by Crippen LogP contribution is -2.32. The molecule has 8 nitrogen and oxygen atoms in total. The minimum atomic E-state index is -0.703. The highest BCUT2D eigenvalue weighted by atomic mass is 35.5. The van der Waals surface area contributed by atoms with Gasteiger partial charge in [0.1, 0.15) is 16.5 Å². The van der Waals surface area contributed by atoms with Gasteiger partial charge in [-0.25, -0.2) is 14.5 Å². The number of nitrogens with one attached hydrogen (secondary N) is 1. The Morgan fingerprint density at radius 3 is 2.00 bits per heavy atom. The minimum absolute atomic E-state index is 0.108. The molecule has 9 heteroatoms. The zero-order valence-electron chi connectivity index (χ0n) is 23.2. The van der Waals surface area contributed by atoms with E-state index in [0.29, 0.717) is 29.2 Å². The zero-order chi connectivity index (χ0) is 30.3. The molecule has 5 rings (SSSR count). The molecule has 1 aliphatic heterocycles. The standard InChI is InChI=1S/C34H27ClN2O6/c1-2-3-21-42-33(40)24-11-17-27(18-12-24)37-31(38)29(35)30(32(37)39)36-26-15-9-25(10-16-26)34(41)43-28-19-13-23(14-20-28)22-7-5-4-6-8-22/h4-20,36H,2-3,21H2,1H3. The second kappa shape index (κ2) is 13.2. The van der Waals surface area contributed by atoms with Crippen LogP contribution in [0.25, 0.3) is 11.1 Å². The Labute approximate surface area is 253 Å². The van der Waals surface area contributed by atoms with Gasteiger partial charge < -0.3 is 14.8 Å². The number of amides is 2. The molecular formula is C34H27ClN2O6. The molecule has 0 atom stereocenters. The molecule has 2 amide bonds.